The van der Waals surface area contributed by atoms with E-state index in [1.54, 1.807) is 0 Å². The van der Waals surface area contributed by atoms with Crippen LogP contribution < -0.4 is 4.90 Å². The molecular weight excluding hydrogens is 687 g/mol. The summed E-state index contributed by atoms with van der Waals surface area (Å²) < 4.78 is 0. The number of benzene rings is 8. The molecule has 57 heavy (non-hydrogen) atoms. The van der Waals surface area contributed by atoms with Gasteiger partial charge in [0.15, 0.2) is 0 Å². The summed E-state index contributed by atoms with van der Waals surface area (Å²) in [5.41, 5.74) is 16.5. The molecule has 0 radical (unpaired) electrons. The van der Waals surface area contributed by atoms with Crippen LogP contribution in [0.5, 0.6) is 0 Å². The van der Waals surface area contributed by atoms with Crippen LogP contribution in [-0.4, -0.2) is 0 Å². The van der Waals surface area contributed by atoms with Crippen LogP contribution in [0.15, 0.2) is 194 Å². The van der Waals surface area contributed by atoms with Crippen molar-refractivity contribution in [3.63, 3.8) is 0 Å². The molecule has 0 heterocycles. The van der Waals surface area contributed by atoms with Gasteiger partial charge in [-0.25, -0.2) is 0 Å². The predicted molar refractivity (Wildman–Crippen MR) is 244 cm³/mol. The summed E-state index contributed by atoms with van der Waals surface area (Å²) in [7, 11) is 0. The smallest absolute Gasteiger partial charge is 0.0465 e. The molecule has 0 saturated heterocycles. The summed E-state index contributed by atoms with van der Waals surface area (Å²) in [5.74, 6) is 0.471. The monoisotopic (exact) mass is 729 g/mol. The Morgan fingerprint density at radius 2 is 1.16 bits per heavy atom. The molecule has 8 aromatic carbocycles. The van der Waals surface area contributed by atoms with Crippen LogP contribution in [0.2, 0.25) is 0 Å². The average molecular weight is 730 g/mol. The fraction of sp³-hybridized carbons (Fsp3) is 0.107. The van der Waals surface area contributed by atoms with E-state index in [-0.39, 0.29) is 5.41 Å². The van der Waals surface area contributed by atoms with Crippen molar-refractivity contribution < 1.29 is 0 Å². The Bertz CT molecular complexity index is 3060. The fourth-order valence-electron chi connectivity index (χ4n) is 9.86. The van der Waals surface area contributed by atoms with E-state index >= 15 is 0 Å². The van der Waals surface area contributed by atoms with Gasteiger partial charge >= 0.3 is 0 Å². The molecule has 1 atom stereocenters. The van der Waals surface area contributed by atoms with Crippen LogP contribution in [-0.2, 0) is 5.41 Å². The van der Waals surface area contributed by atoms with E-state index in [0.717, 1.165) is 17.8 Å². The molecule has 3 aliphatic carbocycles. The van der Waals surface area contributed by atoms with Crippen molar-refractivity contribution >= 4 is 55.0 Å². The maximum atomic E-state index is 2.48. The topological polar surface area (TPSA) is 3.24 Å². The molecule has 3 aliphatic rings. The quantitative estimate of drug-likeness (QED) is 0.159. The van der Waals surface area contributed by atoms with E-state index in [4.69, 9.17) is 0 Å². The predicted octanol–water partition coefficient (Wildman–Crippen LogP) is 15.4. The number of allylic oxidation sites excluding steroid dienone is 8. The number of nitrogens with zero attached hydrogens (tertiary/aromatic N) is 1. The van der Waals surface area contributed by atoms with Gasteiger partial charge in [0.1, 0.15) is 0 Å². The third kappa shape index (κ3) is 5.37. The van der Waals surface area contributed by atoms with Crippen molar-refractivity contribution in [1.29, 1.82) is 0 Å². The molecule has 1 heteroatoms. The zero-order valence-electron chi connectivity index (χ0n) is 32.6. The lowest BCUT2D eigenvalue weighted by molar-refractivity contribution is 0.660. The maximum absolute atomic E-state index is 2.48. The molecule has 11 rings (SSSR count). The summed E-state index contributed by atoms with van der Waals surface area (Å²) in [5, 5.41) is 7.82. The van der Waals surface area contributed by atoms with Crippen LogP contribution in [0.25, 0.3) is 60.1 Å². The highest BCUT2D eigenvalue weighted by atomic mass is 15.1. The summed E-state index contributed by atoms with van der Waals surface area (Å²) in [4.78, 5) is 2.38. The van der Waals surface area contributed by atoms with Crippen molar-refractivity contribution in [3.05, 3.63) is 216 Å². The van der Waals surface area contributed by atoms with Crippen molar-refractivity contribution in [2.75, 3.05) is 4.90 Å². The minimum absolute atomic E-state index is 0.191. The molecule has 0 aromatic heterocycles. The molecule has 1 unspecified atom stereocenters. The second-order valence-electron chi connectivity index (χ2n) is 16.5. The van der Waals surface area contributed by atoms with Gasteiger partial charge in [0, 0.05) is 28.4 Å². The fourth-order valence-corrected chi connectivity index (χ4v) is 9.86. The molecule has 272 valence electrons. The van der Waals surface area contributed by atoms with Crippen LogP contribution in [0.4, 0.5) is 17.1 Å². The van der Waals surface area contributed by atoms with Crippen LogP contribution in [0.1, 0.15) is 42.5 Å². The Hall–Kier alpha value is -6.70. The molecule has 0 spiro atoms. The Balaban J connectivity index is 1.05. The Morgan fingerprint density at radius 3 is 1.91 bits per heavy atom. The second kappa shape index (κ2) is 12.9. The first kappa shape index (κ1) is 33.6. The number of hydrogen-bond donors (Lipinski definition) is 0. The number of hydrogen-bond acceptors (Lipinski definition) is 1. The number of fused-ring (bicyclic) bond motifs is 9. The van der Waals surface area contributed by atoms with Crippen molar-refractivity contribution in [2.24, 2.45) is 5.92 Å². The highest BCUT2D eigenvalue weighted by molar-refractivity contribution is 6.25. The minimum Gasteiger partial charge on any atom is -0.310 e. The minimum atomic E-state index is -0.191. The Morgan fingerprint density at radius 1 is 0.544 bits per heavy atom. The normalized spacial score (nSPS) is 16.3. The number of anilines is 3. The molecule has 0 saturated carbocycles. The summed E-state index contributed by atoms with van der Waals surface area (Å²) in [6.45, 7) is 6.94. The van der Waals surface area contributed by atoms with E-state index in [0.29, 0.717) is 5.92 Å². The van der Waals surface area contributed by atoms with Gasteiger partial charge in [0.25, 0.3) is 0 Å². The highest BCUT2D eigenvalue weighted by Gasteiger charge is 2.36. The number of aryl methyl sites for hydroxylation is 1. The lowest BCUT2D eigenvalue weighted by Gasteiger charge is -2.28. The molecule has 0 fully saturated rings. The third-order valence-electron chi connectivity index (χ3n) is 12.8. The Labute approximate surface area is 335 Å². The lowest BCUT2D eigenvalue weighted by Crippen LogP contribution is -2.16. The van der Waals surface area contributed by atoms with Gasteiger partial charge in [0.05, 0.1) is 0 Å². The zero-order chi connectivity index (χ0) is 38.3. The first-order chi connectivity index (χ1) is 27.9. The molecule has 8 aromatic rings. The van der Waals surface area contributed by atoms with Crippen LogP contribution in [0, 0.1) is 12.8 Å². The third-order valence-corrected chi connectivity index (χ3v) is 12.8. The molecule has 0 bridgehead atoms. The summed E-state index contributed by atoms with van der Waals surface area (Å²) in [6.07, 6.45) is 14.8. The Kier molecular flexibility index (Phi) is 7.63. The van der Waals surface area contributed by atoms with Crippen molar-refractivity contribution in [3.8, 4) is 22.3 Å². The molecular formula is C56H43N. The van der Waals surface area contributed by atoms with E-state index < -0.39 is 0 Å². The SMILES string of the molecule is Cc1ccc(N(c2ccccc2)c2ccc3c(c2)C(C)(C)c2cc(-c4cc5cc(C6=CCC7C=CC=CC7=C6)c6ccccc6c5c5ccccc45)ccc2-3)cc1. The van der Waals surface area contributed by atoms with Crippen LogP contribution >= 0.6 is 0 Å². The van der Waals surface area contributed by atoms with Gasteiger partial charge in [-0.3, -0.25) is 0 Å². The summed E-state index contributed by atoms with van der Waals surface area (Å²) >= 11 is 0. The van der Waals surface area contributed by atoms with Gasteiger partial charge in [-0.05, 0) is 150 Å². The lowest BCUT2D eigenvalue weighted by atomic mass is 9.80. The van der Waals surface area contributed by atoms with E-state index in [2.05, 4.69) is 214 Å². The van der Waals surface area contributed by atoms with E-state index in [1.165, 1.54) is 93.7 Å². The van der Waals surface area contributed by atoms with Gasteiger partial charge in [0.2, 0.25) is 0 Å². The largest absolute Gasteiger partial charge is 0.310 e. The first-order valence-corrected chi connectivity index (χ1v) is 20.3. The van der Waals surface area contributed by atoms with Crippen LogP contribution in [0.3, 0.4) is 0 Å². The number of para-hydroxylation sites is 1. The second-order valence-corrected chi connectivity index (χ2v) is 16.5. The van der Waals surface area contributed by atoms with Crippen molar-refractivity contribution in [2.45, 2.75) is 32.6 Å². The van der Waals surface area contributed by atoms with Gasteiger partial charge in [-0.15, -0.1) is 0 Å². The highest BCUT2D eigenvalue weighted by Crippen LogP contribution is 2.52. The van der Waals surface area contributed by atoms with E-state index in [1.807, 2.05) is 0 Å². The number of rotatable bonds is 5. The molecule has 0 amide bonds. The molecule has 0 N–H and O–H groups in total. The average Bonchev–Trinajstić information content (AvgIpc) is 3.48. The van der Waals surface area contributed by atoms with E-state index in [9.17, 15) is 0 Å². The standard InChI is InChI=1S/C56H43N/c1-36-21-26-43(27-22-36)57(42-15-5-4-6-16-42)44-28-30-48-47-29-25-40(34-53(47)56(2,3)54(48)35-44)52-33-41-32-51(39-24-23-37-13-7-8-14-38(37)31-39)45-17-9-11-19-49(45)55(41)50-20-12-10-18-46(50)52/h4-22,24-35,37H,23H2,1-3H3. The maximum Gasteiger partial charge on any atom is 0.0465 e. The van der Waals surface area contributed by atoms with Gasteiger partial charge in [-0.1, -0.05) is 153 Å². The van der Waals surface area contributed by atoms with Gasteiger partial charge < -0.3 is 4.90 Å². The first-order valence-electron chi connectivity index (χ1n) is 20.3. The molecule has 0 aliphatic heterocycles. The molecule has 1 nitrogen and oxygen atoms in total. The van der Waals surface area contributed by atoms with Crippen molar-refractivity contribution in [1.82, 2.24) is 0 Å². The summed E-state index contributed by atoms with van der Waals surface area (Å²) in [6, 6.07) is 56.8. The zero-order valence-corrected chi connectivity index (χ0v) is 32.6. The van der Waals surface area contributed by atoms with Gasteiger partial charge in [-0.2, -0.15) is 0 Å².